The van der Waals surface area contributed by atoms with E-state index in [-0.39, 0.29) is 18.0 Å². The first-order valence-corrected chi connectivity index (χ1v) is 10.8. The van der Waals surface area contributed by atoms with E-state index in [2.05, 4.69) is 32.0 Å². The third-order valence-electron chi connectivity index (χ3n) is 4.95. The molecule has 4 rings (SSSR count). The van der Waals surface area contributed by atoms with Gasteiger partial charge in [0, 0.05) is 29.7 Å². The molecule has 2 N–H and O–H groups in total. The molecule has 2 atom stereocenters. The molecule has 148 valence electrons. The summed E-state index contributed by atoms with van der Waals surface area (Å²) < 4.78 is 0. The Hall–Kier alpha value is -2.77. The number of thiocarbonyl (C=S) groups is 1. The van der Waals surface area contributed by atoms with Gasteiger partial charge in [0.1, 0.15) is 0 Å². The van der Waals surface area contributed by atoms with Gasteiger partial charge in [0.25, 0.3) is 0 Å². The summed E-state index contributed by atoms with van der Waals surface area (Å²) in [7, 11) is 0. The Kier molecular flexibility index (Phi) is 5.87. The van der Waals surface area contributed by atoms with E-state index < -0.39 is 0 Å². The molecular weight excluding hydrogens is 400 g/mol. The highest BCUT2D eigenvalue weighted by atomic mass is 32.1. The molecule has 1 saturated heterocycles. The number of amides is 1. The number of aryl methyl sites for hydroxylation is 1. The summed E-state index contributed by atoms with van der Waals surface area (Å²) in [5.74, 6) is -0.0251. The number of hydrogen-bond donors (Lipinski definition) is 2. The lowest BCUT2D eigenvalue weighted by Crippen LogP contribution is -2.32. The second-order valence-corrected chi connectivity index (χ2v) is 8.37. The average Bonchev–Trinajstić information content (AvgIpc) is 3.36. The Labute approximate surface area is 179 Å². The van der Waals surface area contributed by atoms with E-state index in [0.29, 0.717) is 18.1 Å². The van der Waals surface area contributed by atoms with Crippen LogP contribution in [0.25, 0.3) is 0 Å². The number of anilines is 1. The molecule has 1 aliphatic heterocycles. The summed E-state index contributed by atoms with van der Waals surface area (Å²) >= 11 is 7.32. The fourth-order valence-corrected chi connectivity index (χ4v) is 4.70. The van der Waals surface area contributed by atoms with Crippen LogP contribution in [0.2, 0.25) is 0 Å². The summed E-state index contributed by atoms with van der Waals surface area (Å²) in [6, 6.07) is 17.8. The first-order valence-electron chi connectivity index (χ1n) is 9.50. The molecular formula is C22H22N4OS2. The molecule has 1 fully saturated rings. The minimum atomic E-state index is -0.0393. The standard InChI is InChI=1S/C22H22N4OS2/c1-15-7-9-16(10-8-15)24-19(27)11-13-26-21(18-6-4-14-29-18)20(25-22(26)28)17-5-2-3-12-23-17/h2-10,12,14,20-21H,11,13H2,1H3,(H,24,27)(H,25,28)/t20-,21+/m0/s1. The van der Waals surface area contributed by atoms with Crippen molar-refractivity contribution in [2.75, 3.05) is 11.9 Å². The number of carbonyl (C=O) groups excluding carboxylic acids is 1. The van der Waals surface area contributed by atoms with Gasteiger partial charge < -0.3 is 15.5 Å². The number of nitrogens with zero attached hydrogens (tertiary/aromatic N) is 2. The van der Waals surface area contributed by atoms with Crippen molar-refractivity contribution in [1.82, 2.24) is 15.2 Å². The number of carbonyl (C=O) groups is 1. The molecule has 0 radical (unpaired) electrons. The number of thiophene rings is 1. The third kappa shape index (κ3) is 4.46. The fraction of sp³-hybridized carbons (Fsp3) is 0.227. The number of benzene rings is 1. The zero-order valence-corrected chi connectivity index (χ0v) is 17.7. The molecule has 0 spiro atoms. The molecule has 7 heteroatoms. The van der Waals surface area contributed by atoms with E-state index in [0.717, 1.165) is 16.9 Å². The van der Waals surface area contributed by atoms with Crippen molar-refractivity contribution in [2.45, 2.75) is 25.4 Å². The summed E-state index contributed by atoms with van der Waals surface area (Å²) in [4.78, 5) is 20.3. The van der Waals surface area contributed by atoms with Gasteiger partial charge in [0.05, 0.1) is 17.8 Å². The predicted molar refractivity (Wildman–Crippen MR) is 121 cm³/mol. The predicted octanol–water partition coefficient (Wildman–Crippen LogP) is 4.45. The minimum Gasteiger partial charge on any atom is -0.352 e. The van der Waals surface area contributed by atoms with Crippen LogP contribution >= 0.6 is 23.6 Å². The Bertz CT molecular complexity index is 974. The van der Waals surface area contributed by atoms with Crippen molar-refractivity contribution in [1.29, 1.82) is 0 Å². The first kappa shape index (κ1) is 19.5. The van der Waals surface area contributed by atoms with Crippen LogP contribution < -0.4 is 10.6 Å². The lowest BCUT2D eigenvalue weighted by Gasteiger charge is -2.26. The highest BCUT2D eigenvalue weighted by molar-refractivity contribution is 7.80. The van der Waals surface area contributed by atoms with E-state index in [1.54, 1.807) is 17.5 Å². The van der Waals surface area contributed by atoms with Crippen LogP contribution in [0.15, 0.2) is 66.2 Å². The second-order valence-electron chi connectivity index (χ2n) is 7.00. The van der Waals surface area contributed by atoms with Gasteiger partial charge in [-0.05, 0) is 54.9 Å². The van der Waals surface area contributed by atoms with Gasteiger partial charge in [-0.2, -0.15) is 0 Å². The topological polar surface area (TPSA) is 57.3 Å². The van der Waals surface area contributed by atoms with Gasteiger partial charge in [-0.3, -0.25) is 9.78 Å². The van der Waals surface area contributed by atoms with Crippen LogP contribution in [0.3, 0.4) is 0 Å². The minimum absolute atomic E-state index is 0.0181. The van der Waals surface area contributed by atoms with Crippen molar-refractivity contribution in [2.24, 2.45) is 0 Å². The summed E-state index contributed by atoms with van der Waals surface area (Å²) in [6.07, 6.45) is 2.15. The number of rotatable bonds is 6. The molecule has 1 amide bonds. The van der Waals surface area contributed by atoms with Crippen LogP contribution in [0.4, 0.5) is 5.69 Å². The Balaban J connectivity index is 1.48. The highest BCUT2D eigenvalue weighted by Crippen LogP contribution is 2.40. The molecule has 0 saturated carbocycles. The molecule has 3 aromatic rings. The second kappa shape index (κ2) is 8.71. The Morgan fingerprint density at radius 2 is 2.03 bits per heavy atom. The maximum atomic E-state index is 12.5. The first-order chi connectivity index (χ1) is 14.1. The van der Waals surface area contributed by atoms with Gasteiger partial charge in [-0.25, -0.2) is 0 Å². The normalized spacial score (nSPS) is 18.5. The SMILES string of the molecule is Cc1ccc(NC(=O)CCN2C(=S)N[C@@H](c3ccccn3)[C@H]2c2cccs2)cc1. The largest absolute Gasteiger partial charge is 0.352 e. The van der Waals surface area contributed by atoms with E-state index in [1.807, 2.05) is 55.5 Å². The maximum absolute atomic E-state index is 12.5. The fourth-order valence-electron chi connectivity index (χ4n) is 3.50. The van der Waals surface area contributed by atoms with Gasteiger partial charge >= 0.3 is 0 Å². The lowest BCUT2D eigenvalue weighted by atomic mass is 10.0. The quantitative estimate of drug-likeness (QED) is 0.575. The highest BCUT2D eigenvalue weighted by Gasteiger charge is 2.40. The summed E-state index contributed by atoms with van der Waals surface area (Å²) in [5.41, 5.74) is 2.92. The van der Waals surface area contributed by atoms with Crippen molar-refractivity contribution in [3.05, 3.63) is 82.3 Å². The maximum Gasteiger partial charge on any atom is 0.226 e. The van der Waals surface area contributed by atoms with Crippen LogP contribution in [0.1, 0.15) is 34.6 Å². The van der Waals surface area contributed by atoms with Gasteiger partial charge in [0.2, 0.25) is 5.91 Å². The molecule has 5 nitrogen and oxygen atoms in total. The summed E-state index contributed by atoms with van der Waals surface area (Å²) in [5, 5.41) is 9.09. The molecule has 0 aliphatic carbocycles. The van der Waals surface area contributed by atoms with Crippen molar-refractivity contribution in [3.63, 3.8) is 0 Å². The van der Waals surface area contributed by atoms with Crippen molar-refractivity contribution in [3.8, 4) is 0 Å². The third-order valence-corrected chi connectivity index (χ3v) is 6.24. The smallest absolute Gasteiger partial charge is 0.226 e. The number of hydrogen-bond acceptors (Lipinski definition) is 4. The van der Waals surface area contributed by atoms with Crippen LogP contribution in [-0.2, 0) is 4.79 Å². The molecule has 1 aromatic carbocycles. The molecule has 3 heterocycles. The van der Waals surface area contributed by atoms with Gasteiger partial charge in [0.15, 0.2) is 5.11 Å². The van der Waals surface area contributed by atoms with E-state index in [1.165, 1.54) is 4.88 Å². The van der Waals surface area contributed by atoms with Crippen LogP contribution in [0.5, 0.6) is 0 Å². The molecule has 0 bridgehead atoms. The van der Waals surface area contributed by atoms with Gasteiger partial charge in [-0.1, -0.05) is 29.8 Å². The Morgan fingerprint density at radius 3 is 2.72 bits per heavy atom. The zero-order chi connectivity index (χ0) is 20.2. The van der Waals surface area contributed by atoms with Crippen molar-refractivity contribution >= 4 is 40.3 Å². The Morgan fingerprint density at radius 1 is 1.21 bits per heavy atom. The molecule has 0 unspecified atom stereocenters. The molecule has 2 aromatic heterocycles. The van der Waals surface area contributed by atoms with Gasteiger partial charge in [-0.15, -0.1) is 11.3 Å². The zero-order valence-electron chi connectivity index (χ0n) is 16.0. The average molecular weight is 423 g/mol. The number of nitrogens with one attached hydrogen (secondary N) is 2. The molecule has 29 heavy (non-hydrogen) atoms. The number of aromatic nitrogens is 1. The van der Waals surface area contributed by atoms with Crippen LogP contribution in [-0.4, -0.2) is 27.4 Å². The van der Waals surface area contributed by atoms with Crippen molar-refractivity contribution < 1.29 is 4.79 Å². The lowest BCUT2D eigenvalue weighted by molar-refractivity contribution is -0.116. The summed E-state index contributed by atoms with van der Waals surface area (Å²) in [6.45, 7) is 2.56. The number of pyridine rings is 1. The van der Waals surface area contributed by atoms with E-state index in [4.69, 9.17) is 12.2 Å². The van der Waals surface area contributed by atoms with Crippen LogP contribution in [0, 0.1) is 6.92 Å². The monoisotopic (exact) mass is 422 g/mol. The van der Waals surface area contributed by atoms with E-state index >= 15 is 0 Å². The molecule has 1 aliphatic rings. The van der Waals surface area contributed by atoms with E-state index in [9.17, 15) is 4.79 Å².